The number of nitrogens with zero attached hydrogens (tertiary/aromatic N) is 5. The number of benzene rings is 1. The summed E-state index contributed by atoms with van der Waals surface area (Å²) in [5, 5.41) is 4.06. The zero-order chi connectivity index (χ0) is 20.3. The second-order valence-corrected chi connectivity index (χ2v) is 8.04. The predicted molar refractivity (Wildman–Crippen MR) is 109 cm³/mol. The minimum Gasteiger partial charge on any atom is -0.339 e. The van der Waals surface area contributed by atoms with Crippen LogP contribution in [0.25, 0.3) is 11.4 Å². The number of aromatic nitrogens is 2. The number of hydrogen-bond donors (Lipinski definition) is 0. The fraction of sp³-hybridized carbons (Fsp3) is 0.571. The Labute approximate surface area is 167 Å². The smallest absolute Gasteiger partial charge is 0.236 e. The van der Waals surface area contributed by atoms with Crippen molar-refractivity contribution in [2.24, 2.45) is 0 Å². The van der Waals surface area contributed by atoms with E-state index < -0.39 is 0 Å². The molecule has 0 spiro atoms. The number of rotatable bonds is 6. The van der Waals surface area contributed by atoms with Crippen molar-refractivity contribution in [1.29, 1.82) is 0 Å². The fourth-order valence-electron chi connectivity index (χ4n) is 3.82. The predicted octanol–water partition coefficient (Wildman–Crippen LogP) is 2.07. The minimum atomic E-state index is 0.0472. The van der Waals surface area contributed by atoms with Gasteiger partial charge in [0.25, 0.3) is 0 Å². The van der Waals surface area contributed by atoms with Crippen LogP contribution in [-0.4, -0.2) is 83.1 Å². The van der Waals surface area contributed by atoms with Crippen molar-refractivity contribution in [2.75, 3.05) is 40.3 Å². The topological polar surface area (TPSA) is 65.7 Å². The van der Waals surface area contributed by atoms with Crippen LogP contribution in [0.5, 0.6) is 0 Å². The lowest BCUT2D eigenvalue weighted by Crippen LogP contribution is -2.59. The van der Waals surface area contributed by atoms with E-state index in [-0.39, 0.29) is 12.3 Å². The highest BCUT2D eigenvalue weighted by Crippen LogP contribution is 2.21. The molecule has 2 aromatic rings. The molecule has 152 valence electrons. The van der Waals surface area contributed by atoms with Gasteiger partial charge in [0.15, 0.2) is 0 Å². The van der Waals surface area contributed by atoms with Crippen LogP contribution in [0, 0.1) is 6.92 Å². The van der Waals surface area contributed by atoms with Gasteiger partial charge in [-0.2, -0.15) is 4.98 Å². The summed E-state index contributed by atoms with van der Waals surface area (Å²) >= 11 is 0. The third kappa shape index (κ3) is 4.77. The molecule has 1 fully saturated rings. The van der Waals surface area contributed by atoms with Gasteiger partial charge in [0.2, 0.25) is 17.6 Å². The van der Waals surface area contributed by atoms with Crippen LogP contribution in [0.4, 0.5) is 0 Å². The van der Waals surface area contributed by atoms with Crippen LogP contribution >= 0.6 is 0 Å². The Balaban J connectivity index is 1.61. The maximum atomic E-state index is 12.8. The number of piperazine rings is 1. The summed E-state index contributed by atoms with van der Waals surface area (Å²) in [4.78, 5) is 23.9. The zero-order valence-corrected chi connectivity index (χ0v) is 17.6. The highest BCUT2D eigenvalue weighted by atomic mass is 16.5. The van der Waals surface area contributed by atoms with Crippen molar-refractivity contribution in [3.05, 3.63) is 35.7 Å². The first-order valence-corrected chi connectivity index (χ1v) is 9.92. The van der Waals surface area contributed by atoms with Crippen LogP contribution in [0.2, 0.25) is 0 Å². The molecule has 1 amide bonds. The summed E-state index contributed by atoms with van der Waals surface area (Å²) in [5.41, 5.74) is 2.01. The van der Waals surface area contributed by atoms with E-state index in [0.717, 1.165) is 37.3 Å². The number of likely N-dealkylation sites (N-methyl/N-ethyl adjacent to an activating group) is 1. The van der Waals surface area contributed by atoms with Crippen molar-refractivity contribution in [2.45, 2.75) is 39.3 Å². The molecule has 1 aromatic heterocycles. The molecule has 0 saturated carbocycles. The molecular formula is C21H31N5O2. The van der Waals surface area contributed by atoms with Crippen LogP contribution in [0.15, 0.2) is 28.8 Å². The first-order chi connectivity index (χ1) is 13.3. The summed E-state index contributed by atoms with van der Waals surface area (Å²) in [6.45, 7) is 9.89. The second kappa shape index (κ2) is 8.84. The summed E-state index contributed by atoms with van der Waals surface area (Å²) in [5.74, 6) is 0.959. The molecular weight excluding hydrogens is 354 g/mol. The second-order valence-electron chi connectivity index (χ2n) is 8.04. The van der Waals surface area contributed by atoms with Crippen molar-refractivity contribution < 1.29 is 9.32 Å². The largest absolute Gasteiger partial charge is 0.339 e. The molecule has 0 bridgehead atoms. The van der Waals surface area contributed by atoms with E-state index in [0.29, 0.717) is 23.8 Å². The van der Waals surface area contributed by atoms with Crippen LogP contribution < -0.4 is 0 Å². The Morgan fingerprint density at radius 2 is 1.89 bits per heavy atom. The van der Waals surface area contributed by atoms with Gasteiger partial charge in [-0.3, -0.25) is 9.69 Å². The van der Waals surface area contributed by atoms with E-state index in [1.54, 1.807) is 0 Å². The average molecular weight is 386 g/mol. The zero-order valence-electron chi connectivity index (χ0n) is 17.6. The van der Waals surface area contributed by atoms with E-state index in [4.69, 9.17) is 4.52 Å². The molecule has 0 N–H and O–H groups in total. The Kier molecular flexibility index (Phi) is 6.46. The van der Waals surface area contributed by atoms with Gasteiger partial charge in [-0.15, -0.1) is 0 Å². The molecule has 28 heavy (non-hydrogen) atoms. The van der Waals surface area contributed by atoms with Crippen LogP contribution in [-0.2, 0) is 11.2 Å². The van der Waals surface area contributed by atoms with E-state index in [1.165, 1.54) is 0 Å². The monoisotopic (exact) mass is 385 g/mol. The molecule has 1 aliphatic rings. The highest BCUT2D eigenvalue weighted by Gasteiger charge is 2.32. The van der Waals surface area contributed by atoms with Crippen molar-refractivity contribution in [1.82, 2.24) is 24.8 Å². The molecule has 1 saturated heterocycles. The molecule has 3 rings (SSSR count). The maximum Gasteiger partial charge on any atom is 0.236 e. The van der Waals surface area contributed by atoms with Gasteiger partial charge in [-0.05, 0) is 40.4 Å². The summed E-state index contributed by atoms with van der Waals surface area (Å²) < 4.78 is 5.35. The van der Waals surface area contributed by atoms with Crippen LogP contribution in [0.1, 0.15) is 25.3 Å². The molecule has 1 aromatic carbocycles. The van der Waals surface area contributed by atoms with E-state index in [1.807, 2.05) is 36.1 Å². The molecule has 7 heteroatoms. The van der Waals surface area contributed by atoms with Gasteiger partial charge in [0, 0.05) is 43.8 Å². The molecule has 0 aliphatic carbocycles. The molecule has 0 radical (unpaired) electrons. The SMILES string of the molecule is Cc1ccccc1-c1noc(CC(=O)N2CC(C)N(CCN(C)C)C(C)C2)n1. The number of amides is 1. The average Bonchev–Trinajstić information content (AvgIpc) is 3.09. The summed E-state index contributed by atoms with van der Waals surface area (Å²) in [6.07, 6.45) is 0.149. The Bertz CT molecular complexity index is 792. The normalized spacial score (nSPS) is 20.7. The standard InChI is InChI=1S/C21H31N5O2/c1-15-8-6-7-9-18(15)21-22-19(28-23-21)12-20(27)25-13-16(2)26(17(3)14-25)11-10-24(4)5/h6-9,16-17H,10-14H2,1-5H3. The Morgan fingerprint density at radius 3 is 2.54 bits per heavy atom. The maximum absolute atomic E-state index is 12.8. The lowest BCUT2D eigenvalue weighted by Gasteiger charge is -2.44. The van der Waals surface area contributed by atoms with E-state index >= 15 is 0 Å². The lowest BCUT2D eigenvalue weighted by molar-refractivity contribution is -0.135. The lowest BCUT2D eigenvalue weighted by atomic mass is 10.1. The number of carbonyl (C=O) groups excluding carboxylic acids is 1. The van der Waals surface area contributed by atoms with Gasteiger partial charge < -0.3 is 14.3 Å². The van der Waals surface area contributed by atoms with Gasteiger partial charge >= 0.3 is 0 Å². The first kappa shape index (κ1) is 20.5. The Morgan fingerprint density at radius 1 is 1.21 bits per heavy atom. The number of hydrogen-bond acceptors (Lipinski definition) is 6. The van der Waals surface area contributed by atoms with Crippen molar-refractivity contribution in [3.8, 4) is 11.4 Å². The number of aryl methyl sites for hydroxylation is 1. The quantitative estimate of drug-likeness (QED) is 0.758. The fourth-order valence-corrected chi connectivity index (χ4v) is 3.82. The summed E-state index contributed by atoms with van der Waals surface area (Å²) in [6, 6.07) is 8.55. The molecule has 2 heterocycles. The van der Waals surface area contributed by atoms with Gasteiger partial charge in [0.05, 0.1) is 0 Å². The van der Waals surface area contributed by atoms with Crippen LogP contribution in [0.3, 0.4) is 0 Å². The van der Waals surface area contributed by atoms with Gasteiger partial charge in [-0.25, -0.2) is 0 Å². The van der Waals surface area contributed by atoms with Crippen molar-refractivity contribution in [3.63, 3.8) is 0 Å². The van der Waals surface area contributed by atoms with Gasteiger partial charge in [-0.1, -0.05) is 29.4 Å². The first-order valence-electron chi connectivity index (χ1n) is 9.92. The third-order valence-corrected chi connectivity index (χ3v) is 5.42. The third-order valence-electron chi connectivity index (χ3n) is 5.42. The highest BCUT2D eigenvalue weighted by molar-refractivity contribution is 5.78. The molecule has 1 aliphatic heterocycles. The minimum absolute atomic E-state index is 0.0472. The molecule has 2 unspecified atom stereocenters. The summed E-state index contributed by atoms with van der Waals surface area (Å²) in [7, 11) is 4.18. The van der Waals surface area contributed by atoms with Gasteiger partial charge in [0.1, 0.15) is 6.42 Å². The molecule has 2 atom stereocenters. The van der Waals surface area contributed by atoms with E-state index in [9.17, 15) is 4.79 Å². The molecule has 7 nitrogen and oxygen atoms in total. The number of carbonyl (C=O) groups is 1. The Hall–Kier alpha value is -2.25. The van der Waals surface area contributed by atoms with Crippen molar-refractivity contribution >= 4 is 5.91 Å². The van der Waals surface area contributed by atoms with E-state index in [2.05, 4.69) is 47.9 Å².